The summed E-state index contributed by atoms with van der Waals surface area (Å²) in [5.41, 5.74) is 3.71. The van der Waals surface area contributed by atoms with Crippen molar-refractivity contribution in [2.24, 2.45) is 0 Å². The number of rotatable bonds is 4. The molecule has 142 valence electrons. The molecule has 4 rings (SSSR count). The highest BCUT2D eigenvalue weighted by Gasteiger charge is 2.29. The maximum atomic E-state index is 13.3. The Kier molecular flexibility index (Phi) is 5.45. The highest BCUT2D eigenvalue weighted by Crippen LogP contribution is 2.36. The molecule has 1 fully saturated rings. The molecular formula is C19H18Cl2N2O2S2. The first-order valence-corrected chi connectivity index (χ1v) is 11.1. The van der Waals surface area contributed by atoms with E-state index in [1.165, 1.54) is 33.8 Å². The number of aromatic nitrogens is 1. The van der Waals surface area contributed by atoms with Crippen molar-refractivity contribution in [1.29, 1.82) is 0 Å². The number of carbonyl (C=O) groups excluding carboxylic acids is 1. The molecule has 1 atom stereocenters. The number of amides is 1. The summed E-state index contributed by atoms with van der Waals surface area (Å²) in [6, 6.07) is 5.81. The standard InChI is InChI=1S/C19H18Cl2N2O2S2/c1-10-6-14-15(7-11(10)2)26-19(22-14)23(9-12-4-3-5-25-12)18(24)13-8-16(20)27-17(13)21/h6-8,12H,3-5,9H2,1-2H3. The Morgan fingerprint density at radius 1 is 1.26 bits per heavy atom. The summed E-state index contributed by atoms with van der Waals surface area (Å²) in [4.78, 5) is 19.7. The number of benzene rings is 1. The largest absolute Gasteiger partial charge is 0.376 e. The van der Waals surface area contributed by atoms with Crippen LogP contribution < -0.4 is 4.90 Å². The van der Waals surface area contributed by atoms with Gasteiger partial charge in [-0.15, -0.1) is 11.3 Å². The van der Waals surface area contributed by atoms with Crippen LogP contribution in [0.15, 0.2) is 18.2 Å². The Labute approximate surface area is 175 Å². The van der Waals surface area contributed by atoms with Gasteiger partial charge in [-0.2, -0.15) is 0 Å². The van der Waals surface area contributed by atoms with Crippen molar-refractivity contribution in [3.8, 4) is 0 Å². The lowest BCUT2D eigenvalue weighted by molar-refractivity contribution is 0.0918. The summed E-state index contributed by atoms with van der Waals surface area (Å²) in [6.07, 6.45) is 1.96. The maximum absolute atomic E-state index is 13.3. The van der Waals surface area contributed by atoms with E-state index in [0.29, 0.717) is 25.9 Å². The van der Waals surface area contributed by atoms with E-state index in [2.05, 4.69) is 26.0 Å². The highest BCUT2D eigenvalue weighted by molar-refractivity contribution is 7.22. The van der Waals surface area contributed by atoms with Crippen LogP contribution in [0.3, 0.4) is 0 Å². The number of halogens is 2. The second kappa shape index (κ2) is 7.68. The van der Waals surface area contributed by atoms with Gasteiger partial charge in [0.1, 0.15) is 4.34 Å². The average molecular weight is 441 g/mol. The summed E-state index contributed by atoms with van der Waals surface area (Å²) in [7, 11) is 0. The minimum absolute atomic E-state index is 0.0114. The summed E-state index contributed by atoms with van der Waals surface area (Å²) in [5.74, 6) is -0.189. The molecule has 1 unspecified atom stereocenters. The quantitative estimate of drug-likeness (QED) is 0.491. The summed E-state index contributed by atoms with van der Waals surface area (Å²) >= 11 is 15.0. The van der Waals surface area contributed by atoms with Crippen molar-refractivity contribution in [2.75, 3.05) is 18.1 Å². The SMILES string of the molecule is Cc1cc2nc(N(CC3CCCO3)C(=O)c3cc(Cl)sc3Cl)sc2cc1C. The van der Waals surface area contributed by atoms with Crippen LogP contribution in [0.4, 0.5) is 5.13 Å². The number of hydrogen-bond acceptors (Lipinski definition) is 5. The number of aryl methyl sites for hydroxylation is 2. The van der Waals surface area contributed by atoms with E-state index in [0.717, 1.165) is 29.7 Å². The molecule has 27 heavy (non-hydrogen) atoms. The topological polar surface area (TPSA) is 42.4 Å². The zero-order chi connectivity index (χ0) is 19.1. The number of hydrogen-bond donors (Lipinski definition) is 0. The van der Waals surface area contributed by atoms with Crippen molar-refractivity contribution >= 4 is 67.1 Å². The molecule has 0 aliphatic carbocycles. The number of anilines is 1. The number of thiophene rings is 1. The van der Waals surface area contributed by atoms with Crippen molar-refractivity contribution in [2.45, 2.75) is 32.8 Å². The van der Waals surface area contributed by atoms with Crippen LogP contribution in [0.2, 0.25) is 8.67 Å². The summed E-state index contributed by atoms with van der Waals surface area (Å²) in [5, 5.41) is 0.661. The second-order valence-corrected chi connectivity index (χ2v) is 9.98. The molecule has 0 radical (unpaired) electrons. The van der Waals surface area contributed by atoms with Crippen LogP contribution in [0.25, 0.3) is 10.2 Å². The first kappa shape index (κ1) is 19.2. The van der Waals surface area contributed by atoms with E-state index in [4.69, 9.17) is 32.9 Å². The minimum atomic E-state index is -0.189. The van der Waals surface area contributed by atoms with E-state index in [1.54, 1.807) is 11.0 Å². The molecule has 1 aromatic carbocycles. The number of ether oxygens (including phenoxy) is 1. The van der Waals surface area contributed by atoms with Gasteiger partial charge in [0.05, 0.1) is 32.8 Å². The van der Waals surface area contributed by atoms with Crippen LogP contribution in [0.5, 0.6) is 0 Å². The monoisotopic (exact) mass is 440 g/mol. The third-order valence-electron chi connectivity index (χ3n) is 4.77. The lowest BCUT2D eigenvalue weighted by Gasteiger charge is -2.22. The Morgan fingerprint density at radius 2 is 2.04 bits per heavy atom. The van der Waals surface area contributed by atoms with Crippen LogP contribution >= 0.6 is 45.9 Å². The molecule has 3 aromatic rings. The molecule has 1 amide bonds. The Morgan fingerprint density at radius 3 is 2.70 bits per heavy atom. The molecule has 3 heterocycles. The van der Waals surface area contributed by atoms with Crippen molar-refractivity contribution in [3.63, 3.8) is 0 Å². The molecular weight excluding hydrogens is 423 g/mol. The second-order valence-electron chi connectivity index (χ2n) is 6.69. The van der Waals surface area contributed by atoms with E-state index >= 15 is 0 Å². The van der Waals surface area contributed by atoms with Gasteiger partial charge in [0.2, 0.25) is 0 Å². The Bertz CT molecular complexity index is 970. The van der Waals surface area contributed by atoms with Gasteiger partial charge in [-0.05, 0) is 56.0 Å². The molecule has 0 bridgehead atoms. The molecule has 0 N–H and O–H groups in total. The van der Waals surface area contributed by atoms with Gasteiger partial charge in [-0.1, -0.05) is 34.5 Å². The smallest absolute Gasteiger partial charge is 0.262 e. The summed E-state index contributed by atoms with van der Waals surface area (Å²) in [6.45, 7) is 5.34. The molecule has 0 saturated carbocycles. The predicted molar refractivity (Wildman–Crippen MR) is 114 cm³/mol. The zero-order valence-corrected chi connectivity index (χ0v) is 18.1. The van der Waals surface area contributed by atoms with Crippen LogP contribution in [0, 0.1) is 13.8 Å². The number of nitrogens with zero attached hydrogens (tertiary/aromatic N) is 2. The van der Waals surface area contributed by atoms with Crippen molar-refractivity contribution in [3.05, 3.63) is 43.6 Å². The van der Waals surface area contributed by atoms with Gasteiger partial charge < -0.3 is 4.74 Å². The van der Waals surface area contributed by atoms with Gasteiger partial charge in [0.15, 0.2) is 5.13 Å². The van der Waals surface area contributed by atoms with Gasteiger partial charge in [0.25, 0.3) is 5.91 Å². The zero-order valence-electron chi connectivity index (χ0n) is 14.9. The van der Waals surface area contributed by atoms with Gasteiger partial charge in [-0.3, -0.25) is 9.69 Å². The molecule has 4 nitrogen and oxygen atoms in total. The highest BCUT2D eigenvalue weighted by atomic mass is 35.5. The predicted octanol–water partition coefficient (Wildman–Crippen LogP) is 6.11. The minimum Gasteiger partial charge on any atom is -0.376 e. The fourth-order valence-electron chi connectivity index (χ4n) is 3.15. The molecule has 0 spiro atoms. The number of fused-ring (bicyclic) bond motifs is 1. The fraction of sp³-hybridized carbons (Fsp3) is 0.368. The van der Waals surface area contributed by atoms with E-state index in [-0.39, 0.29) is 12.0 Å². The average Bonchev–Trinajstić information content (AvgIpc) is 3.33. The molecule has 1 aliphatic heterocycles. The first-order chi connectivity index (χ1) is 12.9. The third-order valence-corrected chi connectivity index (χ3v) is 7.29. The van der Waals surface area contributed by atoms with E-state index in [9.17, 15) is 4.79 Å². The van der Waals surface area contributed by atoms with Crippen molar-refractivity contribution in [1.82, 2.24) is 4.98 Å². The molecule has 1 saturated heterocycles. The van der Waals surface area contributed by atoms with Crippen molar-refractivity contribution < 1.29 is 9.53 Å². The van der Waals surface area contributed by atoms with Gasteiger partial charge in [-0.25, -0.2) is 4.98 Å². The van der Waals surface area contributed by atoms with Crippen LogP contribution in [-0.2, 0) is 4.74 Å². The molecule has 2 aromatic heterocycles. The van der Waals surface area contributed by atoms with Gasteiger partial charge >= 0.3 is 0 Å². The van der Waals surface area contributed by atoms with Crippen LogP contribution in [0.1, 0.15) is 34.3 Å². The molecule has 1 aliphatic rings. The third kappa shape index (κ3) is 3.87. The summed E-state index contributed by atoms with van der Waals surface area (Å²) < 4.78 is 7.72. The fourth-order valence-corrected chi connectivity index (χ4v) is 5.66. The number of thiazole rings is 1. The Hall–Kier alpha value is -1.18. The lowest BCUT2D eigenvalue weighted by atomic mass is 10.1. The normalized spacial score (nSPS) is 17.0. The first-order valence-electron chi connectivity index (χ1n) is 8.68. The maximum Gasteiger partial charge on any atom is 0.262 e. The lowest BCUT2D eigenvalue weighted by Crippen LogP contribution is -2.37. The van der Waals surface area contributed by atoms with Crippen LogP contribution in [-0.4, -0.2) is 30.1 Å². The van der Waals surface area contributed by atoms with E-state index in [1.807, 2.05) is 0 Å². The molecule has 8 heteroatoms. The Balaban J connectivity index is 1.75. The number of carbonyl (C=O) groups is 1. The van der Waals surface area contributed by atoms with Gasteiger partial charge in [0, 0.05) is 6.61 Å². The van der Waals surface area contributed by atoms with E-state index < -0.39 is 0 Å².